The van der Waals surface area contributed by atoms with Gasteiger partial charge in [0.15, 0.2) is 0 Å². The van der Waals surface area contributed by atoms with Crippen molar-refractivity contribution in [3.63, 3.8) is 0 Å². The fourth-order valence-corrected chi connectivity index (χ4v) is 1.82. The van der Waals surface area contributed by atoms with Crippen LogP contribution in [-0.4, -0.2) is 48.1 Å². The van der Waals surface area contributed by atoms with Crippen LogP contribution in [0.1, 0.15) is 20.3 Å². The van der Waals surface area contributed by atoms with Gasteiger partial charge in [-0.2, -0.15) is 4.98 Å². The number of halogens is 1. The van der Waals surface area contributed by atoms with Crippen LogP contribution in [0.25, 0.3) is 0 Å². The van der Waals surface area contributed by atoms with Crippen LogP contribution in [-0.2, 0) is 0 Å². The molecule has 1 heterocycles. The molecule has 0 saturated heterocycles. The minimum absolute atomic E-state index is 0.553. The van der Waals surface area contributed by atoms with E-state index in [1.54, 1.807) is 13.2 Å². The Morgan fingerprint density at radius 2 is 2.06 bits per heavy atom. The standard InChI is InChI=1S/C12H22ClN5/c1-4-18(5-2)8-6-7-15-11-10(13)9-16-12(14-3)17-11/h9H,4-8H2,1-3H3,(H2,14,15,16,17). The molecule has 6 heteroatoms. The van der Waals surface area contributed by atoms with Crippen molar-refractivity contribution >= 4 is 23.4 Å². The third-order valence-electron chi connectivity index (χ3n) is 2.81. The summed E-state index contributed by atoms with van der Waals surface area (Å²) < 4.78 is 0. The molecule has 2 N–H and O–H groups in total. The molecule has 0 aromatic carbocycles. The van der Waals surface area contributed by atoms with Crippen molar-refractivity contribution in [2.24, 2.45) is 0 Å². The van der Waals surface area contributed by atoms with E-state index in [2.05, 4.69) is 39.3 Å². The second-order valence-corrected chi connectivity index (χ2v) is 4.35. The van der Waals surface area contributed by atoms with E-state index in [1.165, 1.54) is 0 Å². The highest BCUT2D eigenvalue weighted by molar-refractivity contribution is 6.32. The topological polar surface area (TPSA) is 53.1 Å². The molecular formula is C12H22ClN5. The minimum atomic E-state index is 0.553. The molecule has 0 unspecified atom stereocenters. The van der Waals surface area contributed by atoms with Gasteiger partial charge in [-0.3, -0.25) is 0 Å². The maximum atomic E-state index is 6.02. The maximum absolute atomic E-state index is 6.02. The van der Waals surface area contributed by atoms with Crippen molar-refractivity contribution in [3.8, 4) is 0 Å². The van der Waals surface area contributed by atoms with E-state index in [1.807, 2.05) is 0 Å². The summed E-state index contributed by atoms with van der Waals surface area (Å²) in [6.07, 6.45) is 2.67. The molecule has 18 heavy (non-hydrogen) atoms. The molecule has 0 fully saturated rings. The van der Waals surface area contributed by atoms with Gasteiger partial charge < -0.3 is 15.5 Å². The van der Waals surface area contributed by atoms with Gasteiger partial charge in [-0.15, -0.1) is 0 Å². The summed E-state index contributed by atoms with van der Waals surface area (Å²) in [5.74, 6) is 1.27. The van der Waals surface area contributed by atoms with Crippen LogP contribution in [0.4, 0.5) is 11.8 Å². The Kier molecular flexibility index (Phi) is 6.75. The molecule has 102 valence electrons. The van der Waals surface area contributed by atoms with Crippen molar-refractivity contribution in [3.05, 3.63) is 11.2 Å². The van der Waals surface area contributed by atoms with Crippen LogP contribution in [0.5, 0.6) is 0 Å². The first-order valence-electron chi connectivity index (χ1n) is 6.37. The third kappa shape index (κ3) is 4.66. The fourth-order valence-electron chi connectivity index (χ4n) is 1.66. The van der Waals surface area contributed by atoms with Crippen molar-refractivity contribution in [2.45, 2.75) is 20.3 Å². The lowest BCUT2D eigenvalue weighted by Gasteiger charge is -2.17. The molecule has 0 spiro atoms. The SMILES string of the molecule is CCN(CC)CCCNc1nc(NC)ncc1Cl. The van der Waals surface area contributed by atoms with E-state index >= 15 is 0 Å². The summed E-state index contributed by atoms with van der Waals surface area (Å²) in [6.45, 7) is 8.48. The van der Waals surface area contributed by atoms with Gasteiger partial charge >= 0.3 is 0 Å². The van der Waals surface area contributed by atoms with Crippen LogP contribution in [0, 0.1) is 0 Å². The largest absolute Gasteiger partial charge is 0.369 e. The van der Waals surface area contributed by atoms with E-state index in [4.69, 9.17) is 11.6 Å². The molecule has 0 aliphatic carbocycles. The Balaban J connectivity index is 2.39. The molecule has 0 atom stereocenters. The third-order valence-corrected chi connectivity index (χ3v) is 3.08. The average Bonchev–Trinajstić information content (AvgIpc) is 2.41. The molecule has 5 nitrogen and oxygen atoms in total. The maximum Gasteiger partial charge on any atom is 0.224 e. The zero-order valence-corrected chi connectivity index (χ0v) is 12.1. The first-order valence-corrected chi connectivity index (χ1v) is 6.75. The Morgan fingerprint density at radius 3 is 2.67 bits per heavy atom. The second kappa shape index (κ2) is 8.11. The molecule has 0 bridgehead atoms. The monoisotopic (exact) mass is 271 g/mol. The summed E-state index contributed by atoms with van der Waals surface area (Å²) in [4.78, 5) is 10.7. The Morgan fingerprint density at radius 1 is 1.33 bits per heavy atom. The fraction of sp³-hybridized carbons (Fsp3) is 0.667. The van der Waals surface area contributed by atoms with E-state index < -0.39 is 0 Å². The Labute approximate surface area is 114 Å². The highest BCUT2D eigenvalue weighted by Crippen LogP contribution is 2.18. The number of hydrogen-bond acceptors (Lipinski definition) is 5. The van der Waals surface area contributed by atoms with Gasteiger partial charge in [-0.05, 0) is 26.1 Å². The number of nitrogens with one attached hydrogen (secondary N) is 2. The summed E-state index contributed by atoms with van der Waals surface area (Å²) in [6, 6.07) is 0. The summed E-state index contributed by atoms with van der Waals surface area (Å²) in [7, 11) is 1.79. The van der Waals surface area contributed by atoms with Crippen molar-refractivity contribution in [2.75, 3.05) is 43.9 Å². The van der Waals surface area contributed by atoms with Gasteiger partial charge in [0.1, 0.15) is 10.8 Å². The van der Waals surface area contributed by atoms with Crippen LogP contribution in [0.2, 0.25) is 5.02 Å². The summed E-state index contributed by atoms with van der Waals surface area (Å²) >= 11 is 6.02. The van der Waals surface area contributed by atoms with Gasteiger partial charge in [0.25, 0.3) is 0 Å². The van der Waals surface area contributed by atoms with E-state index in [-0.39, 0.29) is 0 Å². The Hall–Kier alpha value is -1.07. The van der Waals surface area contributed by atoms with E-state index in [0.717, 1.165) is 32.6 Å². The van der Waals surface area contributed by atoms with Gasteiger partial charge in [0.2, 0.25) is 5.95 Å². The van der Waals surface area contributed by atoms with E-state index in [0.29, 0.717) is 16.8 Å². The predicted octanol–water partition coefficient (Wildman–Crippen LogP) is 2.32. The smallest absolute Gasteiger partial charge is 0.224 e. The molecule has 0 radical (unpaired) electrons. The lowest BCUT2D eigenvalue weighted by Crippen LogP contribution is -2.25. The van der Waals surface area contributed by atoms with Crippen LogP contribution in [0.15, 0.2) is 6.20 Å². The summed E-state index contributed by atoms with van der Waals surface area (Å²) in [5, 5.41) is 6.69. The van der Waals surface area contributed by atoms with Crippen LogP contribution >= 0.6 is 11.6 Å². The molecule has 1 aromatic rings. The van der Waals surface area contributed by atoms with Gasteiger partial charge in [0.05, 0.1) is 6.20 Å². The van der Waals surface area contributed by atoms with Crippen molar-refractivity contribution in [1.82, 2.24) is 14.9 Å². The lowest BCUT2D eigenvalue weighted by molar-refractivity contribution is 0.303. The van der Waals surface area contributed by atoms with Gasteiger partial charge in [0, 0.05) is 13.6 Å². The van der Waals surface area contributed by atoms with Crippen molar-refractivity contribution < 1.29 is 0 Å². The number of aromatic nitrogens is 2. The highest BCUT2D eigenvalue weighted by Gasteiger charge is 2.04. The van der Waals surface area contributed by atoms with Gasteiger partial charge in [-0.1, -0.05) is 25.4 Å². The van der Waals surface area contributed by atoms with E-state index in [9.17, 15) is 0 Å². The molecule has 0 saturated carbocycles. The molecule has 0 aliphatic rings. The first-order chi connectivity index (χ1) is 8.71. The molecule has 1 aromatic heterocycles. The van der Waals surface area contributed by atoms with Gasteiger partial charge in [-0.25, -0.2) is 4.98 Å². The zero-order chi connectivity index (χ0) is 13.4. The Bertz CT molecular complexity index is 354. The quantitative estimate of drug-likeness (QED) is 0.711. The minimum Gasteiger partial charge on any atom is -0.369 e. The number of nitrogens with zero attached hydrogens (tertiary/aromatic N) is 3. The first kappa shape index (κ1) is 15.0. The molecule has 0 aliphatic heterocycles. The second-order valence-electron chi connectivity index (χ2n) is 3.95. The molecular weight excluding hydrogens is 250 g/mol. The predicted molar refractivity (Wildman–Crippen MR) is 77.5 cm³/mol. The van der Waals surface area contributed by atoms with Crippen molar-refractivity contribution in [1.29, 1.82) is 0 Å². The number of anilines is 2. The number of hydrogen-bond donors (Lipinski definition) is 2. The molecule has 0 amide bonds. The lowest BCUT2D eigenvalue weighted by atomic mass is 10.3. The average molecular weight is 272 g/mol. The summed E-state index contributed by atoms with van der Waals surface area (Å²) in [5.41, 5.74) is 0. The zero-order valence-electron chi connectivity index (χ0n) is 11.3. The number of rotatable bonds is 8. The highest BCUT2D eigenvalue weighted by atomic mass is 35.5. The molecule has 1 rings (SSSR count). The normalized spacial score (nSPS) is 10.7. The van der Waals surface area contributed by atoms with Crippen LogP contribution in [0.3, 0.4) is 0 Å². The van der Waals surface area contributed by atoms with Crippen LogP contribution < -0.4 is 10.6 Å².